The van der Waals surface area contributed by atoms with E-state index in [4.69, 9.17) is 4.42 Å². The Kier molecular flexibility index (Phi) is 3.20. The molecule has 0 spiro atoms. The van der Waals surface area contributed by atoms with Crippen LogP contribution in [0.25, 0.3) is 22.1 Å². The number of hydrogen-bond acceptors (Lipinski definition) is 4. The van der Waals surface area contributed by atoms with Crippen LogP contribution < -0.4 is 5.43 Å². The van der Waals surface area contributed by atoms with Gasteiger partial charge in [-0.3, -0.25) is 14.4 Å². The van der Waals surface area contributed by atoms with E-state index in [9.17, 15) is 14.4 Å². The first-order chi connectivity index (χ1) is 10.3. The van der Waals surface area contributed by atoms with Crippen molar-refractivity contribution in [1.82, 2.24) is 0 Å². The zero-order valence-corrected chi connectivity index (χ0v) is 10.9. The van der Waals surface area contributed by atoms with Crippen molar-refractivity contribution in [2.24, 2.45) is 0 Å². The van der Waals surface area contributed by atoms with E-state index in [0.29, 0.717) is 34.7 Å². The number of benzene rings is 2. The molecule has 0 saturated heterocycles. The molecule has 0 atom stereocenters. The summed E-state index contributed by atoms with van der Waals surface area (Å²) in [6.07, 6.45) is 1.14. The van der Waals surface area contributed by atoms with Crippen LogP contribution in [-0.2, 0) is 0 Å². The van der Waals surface area contributed by atoms with Crippen LogP contribution >= 0.6 is 0 Å². The highest BCUT2D eigenvalue weighted by atomic mass is 16.3. The van der Waals surface area contributed by atoms with Gasteiger partial charge in [0.15, 0.2) is 18.3 Å². The molecule has 0 saturated carbocycles. The Morgan fingerprint density at radius 1 is 0.857 bits per heavy atom. The lowest BCUT2D eigenvalue weighted by atomic mass is 9.98. The molecule has 2 aromatic carbocycles. The third-order valence-electron chi connectivity index (χ3n) is 3.29. The predicted octanol–water partition coefficient (Wildman–Crippen LogP) is 3.09. The average molecular weight is 278 g/mol. The van der Waals surface area contributed by atoms with Crippen molar-refractivity contribution < 1.29 is 14.0 Å². The lowest BCUT2D eigenvalue weighted by Crippen LogP contribution is -2.10. The molecular formula is C17H10O4. The van der Waals surface area contributed by atoms with Gasteiger partial charge in [0.2, 0.25) is 5.43 Å². The molecule has 0 unspecified atom stereocenters. The fraction of sp³-hybridized carbons (Fsp3) is 0. The van der Waals surface area contributed by atoms with Gasteiger partial charge in [0.1, 0.15) is 5.58 Å². The van der Waals surface area contributed by atoms with Crippen molar-refractivity contribution >= 4 is 23.5 Å². The van der Waals surface area contributed by atoms with Gasteiger partial charge in [0, 0.05) is 5.56 Å². The second-order valence-electron chi connectivity index (χ2n) is 4.49. The summed E-state index contributed by atoms with van der Waals surface area (Å²) in [5, 5.41) is 0.374. The molecule has 0 aliphatic carbocycles. The maximum absolute atomic E-state index is 12.6. The number of hydrogen-bond donors (Lipinski definition) is 0. The second kappa shape index (κ2) is 5.17. The van der Waals surface area contributed by atoms with E-state index >= 15 is 0 Å². The first-order valence-corrected chi connectivity index (χ1v) is 6.32. The normalized spacial score (nSPS) is 10.5. The van der Waals surface area contributed by atoms with Crippen molar-refractivity contribution in [3.63, 3.8) is 0 Å². The topological polar surface area (TPSA) is 64.3 Å². The van der Waals surface area contributed by atoms with Crippen LogP contribution in [0.15, 0.2) is 57.7 Å². The molecule has 0 bridgehead atoms. The van der Waals surface area contributed by atoms with Crippen LogP contribution in [0.5, 0.6) is 0 Å². The summed E-state index contributed by atoms with van der Waals surface area (Å²) in [6, 6.07) is 13.3. The Hall–Kier alpha value is -3.01. The molecule has 0 radical (unpaired) electrons. The summed E-state index contributed by atoms with van der Waals surface area (Å²) in [7, 11) is 0. The van der Waals surface area contributed by atoms with Crippen LogP contribution in [0.4, 0.5) is 0 Å². The molecule has 0 fully saturated rings. The maximum Gasteiger partial charge on any atom is 0.201 e. The number of aldehydes is 2. The monoisotopic (exact) mass is 278 g/mol. The van der Waals surface area contributed by atoms with Gasteiger partial charge in [-0.15, -0.1) is 0 Å². The SMILES string of the molecule is O=Cc1ccccc1-c1c(C=O)oc2ccccc2c1=O. The van der Waals surface area contributed by atoms with E-state index in [-0.39, 0.29) is 16.8 Å². The molecule has 1 heterocycles. The Morgan fingerprint density at radius 3 is 2.33 bits per heavy atom. The number of para-hydroxylation sites is 1. The molecule has 0 aliphatic rings. The quantitative estimate of drug-likeness (QED) is 0.690. The van der Waals surface area contributed by atoms with E-state index in [1.807, 2.05) is 0 Å². The lowest BCUT2D eigenvalue weighted by molar-refractivity contribution is 0.109. The minimum absolute atomic E-state index is 0.0759. The lowest BCUT2D eigenvalue weighted by Gasteiger charge is -2.07. The standard InChI is InChI=1S/C17H10O4/c18-9-11-5-1-2-6-12(11)16-15(10-19)21-14-8-4-3-7-13(14)17(16)20/h1-10H. The summed E-state index contributed by atoms with van der Waals surface area (Å²) in [5.41, 5.74) is 0.869. The van der Waals surface area contributed by atoms with Gasteiger partial charge in [-0.25, -0.2) is 0 Å². The van der Waals surface area contributed by atoms with Gasteiger partial charge >= 0.3 is 0 Å². The fourth-order valence-corrected chi connectivity index (χ4v) is 2.32. The molecule has 0 N–H and O–H groups in total. The maximum atomic E-state index is 12.6. The van der Waals surface area contributed by atoms with Crippen molar-refractivity contribution in [2.75, 3.05) is 0 Å². The first-order valence-electron chi connectivity index (χ1n) is 6.32. The molecule has 4 heteroatoms. The van der Waals surface area contributed by atoms with Crippen molar-refractivity contribution in [3.8, 4) is 11.1 Å². The number of rotatable bonds is 3. The molecule has 21 heavy (non-hydrogen) atoms. The van der Waals surface area contributed by atoms with E-state index in [0.717, 1.165) is 0 Å². The zero-order valence-electron chi connectivity index (χ0n) is 10.9. The van der Waals surface area contributed by atoms with Crippen LogP contribution in [0.3, 0.4) is 0 Å². The summed E-state index contributed by atoms with van der Waals surface area (Å²) in [4.78, 5) is 35.1. The van der Waals surface area contributed by atoms with Gasteiger partial charge in [-0.1, -0.05) is 36.4 Å². The van der Waals surface area contributed by atoms with Crippen molar-refractivity contribution in [3.05, 3.63) is 70.1 Å². The Balaban J connectivity index is 2.47. The van der Waals surface area contributed by atoms with Crippen LogP contribution in [0.2, 0.25) is 0 Å². The van der Waals surface area contributed by atoms with Crippen molar-refractivity contribution in [1.29, 1.82) is 0 Å². The van der Waals surface area contributed by atoms with Crippen LogP contribution in [0, 0.1) is 0 Å². The molecule has 3 aromatic rings. The zero-order chi connectivity index (χ0) is 14.8. The average Bonchev–Trinajstić information content (AvgIpc) is 2.54. The number of carbonyl (C=O) groups excluding carboxylic acids is 2. The smallest absolute Gasteiger partial charge is 0.201 e. The van der Waals surface area contributed by atoms with Gasteiger partial charge in [0.25, 0.3) is 0 Å². The van der Waals surface area contributed by atoms with Gasteiger partial charge in [0.05, 0.1) is 10.9 Å². The summed E-state index contributed by atoms with van der Waals surface area (Å²) >= 11 is 0. The Morgan fingerprint density at radius 2 is 1.57 bits per heavy atom. The minimum Gasteiger partial charge on any atom is -0.452 e. The Labute approximate surface area is 119 Å². The largest absolute Gasteiger partial charge is 0.452 e. The third-order valence-corrected chi connectivity index (χ3v) is 3.29. The molecular weight excluding hydrogens is 268 g/mol. The molecule has 3 rings (SSSR count). The molecule has 0 aliphatic heterocycles. The molecule has 102 valence electrons. The summed E-state index contributed by atoms with van der Waals surface area (Å²) < 4.78 is 5.49. The fourth-order valence-electron chi connectivity index (χ4n) is 2.32. The predicted molar refractivity (Wildman–Crippen MR) is 78.7 cm³/mol. The highest BCUT2D eigenvalue weighted by molar-refractivity contribution is 5.96. The van der Waals surface area contributed by atoms with Gasteiger partial charge in [-0.05, 0) is 17.7 Å². The van der Waals surface area contributed by atoms with Gasteiger partial charge in [-0.2, -0.15) is 0 Å². The van der Waals surface area contributed by atoms with Crippen LogP contribution in [-0.4, -0.2) is 12.6 Å². The van der Waals surface area contributed by atoms with E-state index < -0.39 is 0 Å². The number of carbonyl (C=O) groups is 2. The summed E-state index contributed by atoms with van der Waals surface area (Å²) in [5.74, 6) is -0.0759. The van der Waals surface area contributed by atoms with E-state index in [2.05, 4.69) is 0 Å². The first kappa shape index (κ1) is 13.0. The van der Waals surface area contributed by atoms with Crippen molar-refractivity contribution in [2.45, 2.75) is 0 Å². The Bertz CT molecular complexity index is 906. The molecule has 4 nitrogen and oxygen atoms in total. The van der Waals surface area contributed by atoms with E-state index in [1.54, 1.807) is 48.5 Å². The van der Waals surface area contributed by atoms with E-state index in [1.165, 1.54) is 0 Å². The summed E-state index contributed by atoms with van der Waals surface area (Å²) in [6.45, 7) is 0. The van der Waals surface area contributed by atoms with Crippen LogP contribution in [0.1, 0.15) is 20.9 Å². The molecule has 0 amide bonds. The number of fused-ring (bicyclic) bond motifs is 1. The minimum atomic E-state index is -0.326. The third kappa shape index (κ3) is 2.07. The second-order valence-corrected chi connectivity index (χ2v) is 4.49. The highest BCUT2D eigenvalue weighted by Gasteiger charge is 2.17. The molecule has 1 aromatic heterocycles. The van der Waals surface area contributed by atoms with Gasteiger partial charge < -0.3 is 4.42 Å². The highest BCUT2D eigenvalue weighted by Crippen LogP contribution is 2.25.